The summed E-state index contributed by atoms with van der Waals surface area (Å²) < 4.78 is 28.5. The zero-order valence-corrected chi connectivity index (χ0v) is 20.9. The molecule has 34 heavy (non-hydrogen) atoms. The van der Waals surface area contributed by atoms with Crippen LogP contribution in [0.15, 0.2) is 75.6 Å². The minimum Gasteiger partial charge on any atom is -0.350 e. The Hall–Kier alpha value is -3.37. The summed E-state index contributed by atoms with van der Waals surface area (Å²) in [5.41, 5.74) is 1.83. The highest BCUT2D eigenvalue weighted by molar-refractivity contribution is 7.99. The maximum atomic E-state index is 13.0. The number of hydrogen-bond acceptors (Lipinski definition) is 6. The molecule has 3 N–H and O–H groups in total. The van der Waals surface area contributed by atoms with Crippen molar-refractivity contribution in [3.63, 3.8) is 0 Å². The van der Waals surface area contributed by atoms with E-state index >= 15 is 0 Å². The number of carbonyl (C=O) groups excluding carboxylic acids is 2. The standard InChI is InChI=1S/C24H26N4O4S2/c1-15(2)26-24(30)18-6-12-23(25-14-18)33-20-9-7-19(8-10-20)28-34(31,32)22-13-16(3)5-11-21(22)27-17(4)29/h5-15,28H,1-4H3,(H,26,30)(H,27,29). The van der Waals surface area contributed by atoms with E-state index in [1.165, 1.54) is 30.9 Å². The number of rotatable bonds is 8. The number of aromatic nitrogens is 1. The number of aryl methyl sites for hydroxylation is 1. The van der Waals surface area contributed by atoms with Crippen LogP contribution in [0.5, 0.6) is 0 Å². The van der Waals surface area contributed by atoms with Crippen molar-refractivity contribution in [2.75, 3.05) is 10.0 Å². The van der Waals surface area contributed by atoms with Gasteiger partial charge in [0.2, 0.25) is 5.91 Å². The van der Waals surface area contributed by atoms with E-state index in [2.05, 4.69) is 20.3 Å². The van der Waals surface area contributed by atoms with Crippen molar-refractivity contribution in [2.45, 2.75) is 48.6 Å². The van der Waals surface area contributed by atoms with Gasteiger partial charge in [0, 0.05) is 29.7 Å². The fourth-order valence-electron chi connectivity index (χ4n) is 2.99. The van der Waals surface area contributed by atoms with Crippen LogP contribution in [0.2, 0.25) is 0 Å². The van der Waals surface area contributed by atoms with Gasteiger partial charge in [-0.25, -0.2) is 13.4 Å². The molecule has 1 aromatic heterocycles. The van der Waals surface area contributed by atoms with Crippen LogP contribution in [0.25, 0.3) is 0 Å². The molecule has 2 aromatic carbocycles. The van der Waals surface area contributed by atoms with Crippen LogP contribution in [0.1, 0.15) is 36.7 Å². The minimum absolute atomic E-state index is 0.00746. The quantitative estimate of drug-likeness (QED) is 0.423. The summed E-state index contributed by atoms with van der Waals surface area (Å²) in [6.45, 7) is 6.88. The van der Waals surface area contributed by atoms with E-state index in [9.17, 15) is 18.0 Å². The van der Waals surface area contributed by atoms with Crippen LogP contribution >= 0.6 is 11.8 Å². The zero-order chi connectivity index (χ0) is 24.9. The third kappa shape index (κ3) is 6.82. The molecule has 0 fully saturated rings. The normalized spacial score (nSPS) is 11.2. The van der Waals surface area contributed by atoms with Crippen LogP contribution in [0.4, 0.5) is 11.4 Å². The number of nitrogens with one attached hydrogen (secondary N) is 3. The Bertz CT molecular complexity index is 1290. The first-order chi connectivity index (χ1) is 16.0. The average Bonchev–Trinajstić information content (AvgIpc) is 2.76. The minimum atomic E-state index is -3.93. The zero-order valence-electron chi connectivity index (χ0n) is 19.2. The Morgan fingerprint density at radius 1 is 1.00 bits per heavy atom. The van der Waals surface area contributed by atoms with Gasteiger partial charge in [0.25, 0.3) is 15.9 Å². The molecule has 0 bridgehead atoms. The molecule has 8 nitrogen and oxygen atoms in total. The van der Waals surface area contributed by atoms with Crippen LogP contribution in [-0.2, 0) is 14.8 Å². The van der Waals surface area contributed by atoms with Crippen molar-refractivity contribution in [3.05, 3.63) is 71.9 Å². The monoisotopic (exact) mass is 498 g/mol. The first-order valence-corrected chi connectivity index (χ1v) is 12.8. The van der Waals surface area contributed by atoms with Gasteiger partial charge >= 0.3 is 0 Å². The summed E-state index contributed by atoms with van der Waals surface area (Å²) in [5, 5.41) is 6.08. The van der Waals surface area contributed by atoms with Crippen molar-refractivity contribution in [1.82, 2.24) is 10.3 Å². The van der Waals surface area contributed by atoms with E-state index < -0.39 is 10.0 Å². The largest absolute Gasteiger partial charge is 0.350 e. The Morgan fingerprint density at radius 3 is 2.29 bits per heavy atom. The molecule has 0 aliphatic carbocycles. The van der Waals surface area contributed by atoms with Gasteiger partial charge in [-0.2, -0.15) is 0 Å². The van der Waals surface area contributed by atoms with Gasteiger partial charge in [0.15, 0.2) is 0 Å². The van der Waals surface area contributed by atoms with Crippen molar-refractivity contribution >= 4 is 45.0 Å². The Morgan fingerprint density at radius 2 is 1.71 bits per heavy atom. The van der Waals surface area contributed by atoms with Gasteiger partial charge in [-0.1, -0.05) is 17.8 Å². The Kier molecular flexibility index (Phi) is 7.95. The van der Waals surface area contributed by atoms with E-state index in [1.807, 2.05) is 13.8 Å². The summed E-state index contributed by atoms with van der Waals surface area (Å²) in [5.74, 6) is -0.533. The average molecular weight is 499 g/mol. The summed E-state index contributed by atoms with van der Waals surface area (Å²) >= 11 is 1.39. The molecule has 1 heterocycles. The topological polar surface area (TPSA) is 117 Å². The van der Waals surface area contributed by atoms with Gasteiger partial charge < -0.3 is 10.6 Å². The maximum absolute atomic E-state index is 13.0. The number of nitrogens with zero attached hydrogens (tertiary/aromatic N) is 1. The van der Waals surface area contributed by atoms with Gasteiger partial charge in [0.1, 0.15) is 9.92 Å². The molecule has 2 amide bonds. The predicted octanol–water partition coefficient (Wildman–Crippen LogP) is 4.44. The number of anilines is 2. The lowest BCUT2D eigenvalue weighted by molar-refractivity contribution is -0.114. The maximum Gasteiger partial charge on any atom is 0.263 e. The highest BCUT2D eigenvalue weighted by Crippen LogP contribution is 2.29. The number of amides is 2. The van der Waals surface area contributed by atoms with Crippen molar-refractivity contribution in [1.29, 1.82) is 0 Å². The third-order valence-electron chi connectivity index (χ3n) is 4.48. The van der Waals surface area contributed by atoms with Crippen molar-refractivity contribution in [3.8, 4) is 0 Å². The molecular formula is C24H26N4O4S2. The van der Waals surface area contributed by atoms with Crippen LogP contribution in [-0.4, -0.2) is 31.3 Å². The molecule has 0 atom stereocenters. The van der Waals surface area contributed by atoms with E-state index in [0.717, 1.165) is 10.5 Å². The molecule has 0 aliphatic heterocycles. The van der Waals surface area contributed by atoms with Gasteiger partial charge in [-0.3, -0.25) is 14.3 Å². The molecule has 0 saturated heterocycles. The second-order valence-corrected chi connectivity index (χ2v) is 10.7. The number of hydrogen-bond donors (Lipinski definition) is 3. The van der Waals surface area contributed by atoms with Crippen LogP contribution in [0.3, 0.4) is 0 Å². The number of benzene rings is 2. The van der Waals surface area contributed by atoms with Crippen molar-refractivity contribution < 1.29 is 18.0 Å². The second-order valence-electron chi connectivity index (χ2n) is 7.93. The first-order valence-electron chi connectivity index (χ1n) is 10.5. The lowest BCUT2D eigenvalue weighted by Gasteiger charge is -2.14. The molecule has 0 spiro atoms. The molecular weight excluding hydrogens is 472 g/mol. The lowest BCUT2D eigenvalue weighted by Crippen LogP contribution is -2.30. The van der Waals surface area contributed by atoms with Crippen LogP contribution in [0, 0.1) is 6.92 Å². The van der Waals surface area contributed by atoms with Gasteiger partial charge in [0.05, 0.1) is 11.3 Å². The SMILES string of the molecule is CC(=O)Nc1ccc(C)cc1S(=O)(=O)Nc1ccc(Sc2ccc(C(=O)NC(C)C)cn2)cc1. The fourth-order valence-corrected chi connectivity index (χ4v) is 5.05. The predicted molar refractivity (Wildman–Crippen MR) is 134 cm³/mol. The summed E-state index contributed by atoms with van der Waals surface area (Å²) in [7, 11) is -3.93. The number of pyridine rings is 1. The van der Waals surface area contributed by atoms with Gasteiger partial charge in [-0.15, -0.1) is 0 Å². The molecule has 3 rings (SSSR count). The highest BCUT2D eigenvalue weighted by atomic mass is 32.2. The summed E-state index contributed by atoms with van der Waals surface area (Å²) in [6, 6.07) is 15.2. The van der Waals surface area contributed by atoms with Crippen LogP contribution < -0.4 is 15.4 Å². The molecule has 0 unspecified atom stereocenters. The lowest BCUT2D eigenvalue weighted by atomic mass is 10.2. The van der Waals surface area contributed by atoms with E-state index in [-0.39, 0.29) is 28.4 Å². The fraction of sp³-hybridized carbons (Fsp3) is 0.208. The summed E-state index contributed by atoms with van der Waals surface area (Å²) in [4.78, 5) is 28.7. The second kappa shape index (κ2) is 10.7. The van der Waals surface area contributed by atoms with E-state index in [0.29, 0.717) is 16.3 Å². The van der Waals surface area contributed by atoms with E-state index in [4.69, 9.17) is 0 Å². The first kappa shape index (κ1) is 25.3. The Labute approximate surface area is 203 Å². The molecule has 10 heteroatoms. The molecule has 3 aromatic rings. The Balaban J connectivity index is 1.71. The molecule has 0 aliphatic rings. The van der Waals surface area contributed by atoms with E-state index in [1.54, 1.807) is 55.5 Å². The van der Waals surface area contributed by atoms with Crippen molar-refractivity contribution in [2.24, 2.45) is 0 Å². The number of carbonyl (C=O) groups is 2. The summed E-state index contributed by atoms with van der Waals surface area (Å²) in [6.07, 6.45) is 1.52. The molecule has 0 radical (unpaired) electrons. The number of sulfonamides is 1. The van der Waals surface area contributed by atoms with Gasteiger partial charge in [-0.05, 0) is 74.9 Å². The molecule has 178 valence electrons. The third-order valence-corrected chi connectivity index (χ3v) is 6.86. The smallest absolute Gasteiger partial charge is 0.263 e. The highest BCUT2D eigenvalue weighted by Gasteiger charge is 2.20. The molecule has 0 saturated carbocycles.